The second-order valence-electron chi connectivity index (χ2n) is 4.99. The summed E-state index contributed by atoms with van der Waals surface area (Å²) in [6.07, 6.45) is 4.48. The number of hydrogen-bond donors (Lipinski definition) is 3. The minimum absolute atomic E-state index is 0.00116. The molecule has 0 fully saturated rings. The quantitative estimate of drug-likeness (QED) is 0.725. The zero-order valence-corrected chi connectivity index (χ0v) is 12.2. The molecule has 5 nitrogen and oxygen atoms in total. The van der Waals surface area contributed by atoms with Gasteiger partial charge in [-0.05, 0) is 24.5 Å². The Morgan fingerprint density at radius 1 is 1.14 bits per heavy atom. The number of nitrogens with one attached hydrogen (secondary N) is 3. The Labute approximate surface area is 124 Å². The molecule has 1 heterocycles. The molecule has 112 valence electrons. The highest BCUT2D eigenvalue weighted by atomic mass is 16.2. The molecule has 0 radical (unpaired) electrons. The lowest BCUT2D eigenvalue weighted by Gasteiger charge is -2.04. The van der Waals surface area contributed by atoms with Gasteiger partial charge in [0.25, 0.3) is 0 Å². The van der Waals surface area contributed by atoms with Gasteiger partial charge in [0.15, 0.2) is 0 Å². The van der Waals surface area contributed by atoms with E-state index in [0.717, 1.165) is 18.4 Å². The van der Waals surface area contributed by atoms with Gasteiger partial charge in [0.2, 0.25) is 11.8 Å². The molecule has 0 saturated carbocycles. The van der Waals surface area contributed by atoms with Crippen molar-refractivity contribution in [3.8, 4) is 0 Å². The average molecular weight is 287 g/mol. The van der Waals surface area contributed by atoms with Gasteiger partial charge in [-0.15, -0.1) is 0 Å². The molecule has 5 heteroatoms. The zero-order chi connectivity index (χ0) is 15.1. The Bertz CT molecular complexity index is 619. The van der Waals surface area contributed by atoms with Gasteiger partial charge in [-0.3, -0.25) is 9.59 Å². The van der Waals surface area contributed by atoms with Gasteiger partial charge >= 0.3 is 0 Å². The van der Waals surface area contributed by atoms with E-state index >= 15 is 0 Å². The van der Waals surface area contributed by atoms with E-state index in [1.54, 1.807) is 7.05 Å². The second kappa shape index (κ2) is 7.47. The predicted octanol–water partition coefficient (Wildman–Crippen LogP) is 1.74. The SMILES string of the molecule is CNC(=O)CCNC(=O)CCCc1c[nH]c2ccccc12. The summed E-state index contributed by atoms with van der Waals surface area (Å²) in [5, 5.41) is 6.50. The van der Waals surface area contributed by atoms with Crippen LogP contribution in [0.3, 0.4) is 0 Å². The zero-order valence-electron chi connectivity index (χ0n) is 12.2. The van der Waals surface area contributed by atoms with E-state index in [1.165, 1.54) is 10.9 Å². The molecular weight excluding hydrogens is 266 g/mol. The lowest BCUT2D eigenvalue weighted by Crippen LogP contribution is -2.29. The number of fused-ring (bicyclic) bond motifs is 1. The standard InChI is InChI=1S/C16H21N3O2/c1-17-15(20)9-10-18-16(21)8-4-5-12-11-19-14-7-3-2-6-13(12)14/h2-3,6-7,11,19H,4-5,8-10H2,1H3,(H,17,20)(H,18,21). The fourth-order valence-corrected chi connectivity index (χ4v) is 2.31. The van der Waals surface area contributed by atoms with Crippen molar-refractivity contribution >= 4 is 22.7 Å². The molecule has 0 saturated heterocycles. The first-order valence-electron chi connectivity index (χ1n) is 7.23. The van der Waals surface area contributed by atoms with Crippen LogP contribution in [-0.2, 0) is 16.0 Å². The van der Waals surface area contributed by atoms with Crippen LogP contribution in [0, 0.1) is 0 Å². The third-order valence-corrected chi connectivity index (χ3v) is 3.48. The van der Waals surface area contributed by atoms with E-state index in [4.69, 9.17) is 0 Å². The number of carbonyl (C=O) groups excluding carboxylic acids is 2. The number of amides is 2. The molecule has 1 aromatic heterocycles. The van der Waals surface area contributed by atoms with Crippen LogP contribution in [0.15, 0.2) is 30.5 Å². The Balaban J connectivity index is 1.72. The number of hydrogen-bond acceptors (Lipinski definition) is 2. The molecule has 2 aromatic rings. The van der Waals surface area contributed by atoms with E-state index in [1.807, 2.05) is 24.4 Å². The van der Waals surface area contributed by atoms with E-state index in [0.29, 0.717) is 19.4 Å². The maximum Gasteiger partial charge on any atom is 0.221 e. The van der Waals surface area contributed by atoms with Gasteiger partial charge in [0, 0.05) is 43.5 Å². The molecule has 0 spiro atoms. The molecule has 3 N–H and O–H groups in total. The summed E-state index contributed by atoms with van der Waals surface area (Å²) in [7, 11) is 1.59. The highest BCUT2D eigenvalue weighted by Gasteiger charge is 2.06. The van der Waals surface area contributed by atoms with Gasteiger partial charge < -0.3 is 15.6 Å². The van der Waals surface area contributed by atoms with Crippen molar-refractivity contribution in [1.29, 1.82) is 0 Å². The van der Waals surface area contributed by atoms with Crippen molar-refractivity contribution in [3.05, 3.63) is 36.0 Å². The highest BCUT2D eigenvalue weighted by molar-refractivity contribution is 5.83. The maximum atomic E-state index is 11.7. The van der Waals surface area contributed by atoms with Crippen LogP contribution in [0.25, 0.3) is 10.9 Å². The summed E-state index contributed by atoms with van der Waals surface area (Å²) in [6.45, 7) is 0.394. The molecule has 2 rings (SSSR count). The Kier molecular flexibility index (Phi) is 5.37. The maximum absolute atomic E-state index is 11.7. The third-order valence-electron chi connectivity index (χ3n) is 3.48. The van der Waals surface area contributed by atoms with Gasteiger partial charge in [-0.1, -0.05) is 18.2 Å². The van der Waals surface area contributed by atoms with Gasteiger partial charge in [0.05, 0.1) is 0 Å². The molecule has 0 unspecified atom stereocenters. The van der Waals surface area contributed by atoms with Crippen LogP contribution in [0.4, 0.5) is 0 Å². The third kappa shape index (κ3) is 4.34. The Morgan fingerprint density at radius 2 is 1.95 bits per heavy atom. The van der Waals surface area contributed by atoms with Crippen molar-refractivity contribution in [2.24, 2.45) is 0 Å². The fraction of sp³-hybridized carbons (Fsp3) is 0.375. The fourth-order valence-electron chi connectivity index (χ4n) is 2.31. The molecular formula is C16H21N3O2. The topological polar surface area (TPSA) is 74.0 Å². The summed E-state index contributed by atoms with van der Waals surface area (Å²) in [6, 6.07) is 8.16. The van der Waals surface area contributed by atoms with Crippen molar-refractivity contribution in [3.63, 3.8) is 0 Å². The van der Waals surface area contributed by atoms with Crippen molar-refractivity contribution in [2.75, 3.05) is 13.6 Å². The molecule has 0 aliphatic heterocycles. The van der Waals surface area contributed by atoms with Crippen LogP contribution >= 0.6 is 0 Å². The van der Waals surface area contributed by atoms with E-state index in [-0.39, 0.29) is 11.8 Å². The first kappa shape index (κ1) is 15.1. The van der Waals surface area contributed by atoms with Crippen molar-refractivity contribution in [1.82, 2.24) is 15.6 Å². The highest BCUT2D eigenvalue weighted by Crippen LogP contribution is 2.19. The number of carbonyl (C=O) groups is 2. The number of aryl methyl sites for hydroxylation is 1. The number of aromatic amines is 1. The Morgan fingerprint density at radius 3 is 2.76 bits per heavy atom. The molecule has 21 heavy (non-hydrogen) atoms. The lowest BCUT2D eigenvalue weighted by molar-refractivity contribution is -0.122. The molecule has 0 atom stereocenters. The predicted molar refractivity (Wildman–Crippen MR) is 82.9 cm³/mol. The molecule has 0 aliphatic rings. The van der Waals surface area contributed by atoms with Crippen LogP contribution in [0.2, 0.25) is 0 Å². The number of aromatic nitrogens is 1. The van der Waals surface area contributed by atoms with Crippen LogP contribution < -0.4 is 10.6 Å². The molecule has 0 bridgehead atoms. The van der Waals surface area contributed by atoms with Crippen LogP contribution in [-0.4, -0.2) is 30.4 Å². The first-order valence-corrected chi connectivity index (χ1v) is 7.23. The van der Waals surface area contributed by atoms with Crippen LogP contribution in [0.5, 0.6) is 0 Å². The number of H-pyrrole nitrogens is 1. The van der Waals surface area contributed by atoms with Crippen molar-refractivity contribution in [2.45, 2.75) is 25.7 Å². The van der Waals surface area contributed by atoms with Gasteiger partial charge in [-0.2, -0.15) is 0 Å². The second-order valence-corrected chi connectivity index (χ2v) is 4.99. The smallest absolute Gasteiger partial charge is 0.221 e. The van der Waals surface area contributed by atoms with E-state index in [9.17, 15) is 9.59 Å². The minimum atomic E-state index is -0.0610. The summed E-state index contributed by atoms with van der Waals surface area (Å²) in [5.74, 6) is -0.0622. The van der Waals surface area contributed by atoms with E-state index in [2.05, 4.69) is 21.7 Å². The van der Waals surface area contributed by atoms with Gasteiger partial charge in [-0.25, -0.2) is 0 Å². The van der Waals surface area contributed by atoms with Gasteiger partial charge in [0.1, 0.15) is 0 Å². The summed E-state index contributed by atoms with van der Waals surface area (Å²) >= 11 is 0. The van der Waals surface area contributed by atoms with Crippen LogP contribution in [0.1, 0.15) is 24.8 Å². The normalized spacial score (nSPS) is 10.5. The monoisotopic (exact) mass is 287 g/mol. The summed E-state index contributed by atoms with van der Waals surface area (Å²) < 4.78 is 0. The largest absolute Gasteiger partial charge is 0.361 e. The minimum Gasteiger partial charge on any atom is -0.361 e. The number of rotatable bonds is 7. The number of para-hydroxylation sites is 1. The number of benzene rings is 1. The molecule has 0 aliphatic carbocycles. The van der Waals surface area contributed by atoms with E-state index < -0.39 is 0 Å². The summed E-state index contributed by atoms with van der Waals surface area (Å²) in [5.41, 5.74) is 2.37. The van der Waals surface area contributed by atoms with Crippen molar-refractivity contribution < 1.29 is 9.59 Å². The summed E-state index contributed by atoms with van der Waals surface area (Å²) in [4.78, 5) is 25.9. The molecule has 2 amide bonds. The first-order chi connectivity index (χ1) is 10.2. The lowest BCUT2D eigenvalue weighted by atomic mass is 10.1. The average Bonchev–Trinajstić information content (AvgIpc) is 2.90. The molecule has 1 aromatic carbocycles. The Hall–Kier alpha value is -2.30.